The number of aliphatic carboxylic acids is 1. The molecule has 1 aliphatic heterocycles. The van der Waals surface area contributed by atoms with Gasteiger partial charge in [0.25, 0.3) is 5.91 Å². The van der Waals surface area contributed by atoms with Gasteiger partial charge >= 0.3 is 5.97 Å². The molecule has 1 amide bonds. The summed E-state index contributed by atoms with van der Waals surface area (Å²) in [6, 6.07) is 6.22. The van der Waals surface area contributed by atoms with Crippen LogP contribution in [0.2, 0.25) is 0 Å². The molecule has 1 saturated heterocycles. The number of aromatic nitrogens is 1. The largest absolute Gasteiger partial charge is 0.481 e. The van der Waals surface area contributed by atoms with Gasteiger partial charge in [-0.2, -0.15) is 0 Å². The van der Waals surface area contributed by atoms with E-state index in [1.807, 2.05) is 0 Å². The molecule has 0 radical (unpaired) electrons. The number of carbonyl (C=O) groups is 2. The molecular weight excluding hydrogens is 331 g/mol. The normalized spacial score (nSPS) is 17.2. The fourth-order valence-electron chi connectivity index (χ4n) is 2.96. The van der Waals surface area contributed by atoms with Gasteiger partial charge in [-0.1, -0.05) is 18.2 Å². The number of halogens is 1. The zero-order valence-electron chi connectivity index (χ0n) is 12.9. The van der Waals surface area contributed by atoms with E-state index in [0.29, 0.717) is 35.7 Å². The van der Waals surface area contributed by atoms with E-state index < -0.39 is 5.97 Å². The SMILES string of the molecule is O=C(O)CC1CCCN1C(=O)c1csc(Cc2ccccc2F)n1. The summed E-state index contributed by atoms with van der Waals surface area (Å²) in [6.45, 7) is 0.553. The quantitative estimate of drug-likeness (QED) is 0.902. The number of hydrogen-bond acceptors (Lipinski definition) is 4. The number of hydrogen-bond donors (Lipinski definition) is 1. The molecule has 1 aromatic heterocycles. The van der Waals surface area contributed by atoms with Gasteiger partial charge in [0, 0.05) is 24.4 Å². The molecule has 0 spiro atoms. The monoisotopic (exact) mass is 348 g/mol. The highest BCUT2D eigenvalue weighted by molar-refractivity contribution is 7.09. The predicted octanol–water partition coefficient (Wildman–Crippen LogP) is 2.95. The average Bonchev–Trinajstić information content (AvgIpc) is 3.18. The molecule has 0 saturated carbocycles. The summed E-state index contributed by atoms with van der Waals surface area (Å²) in [5.41, 5.74) is 0.847. The third kappa shape index (κ3) is 3.62. The summed E-state index contributed by atoms with van der Waals surface area (Å²) in [5.74, 6) is -1.44. The van der Waals surface area contributed by atoms with Gasteiger partial charge in [0.1, 0.15) is 11.5 Å². The molecule has 3 rings (SSSR count). The van der Waals surface area contributed by atoms with E-state index in [0.717, 1.165) is 6.42 Å². The van der Waals surface area contributed by atoms with Gasteiger partial charge in [-0.15, -0.1) is 11.3 Å². The molecule has 2 aromatic rings. The predicted molar refractivity (Wildman–Crippen MR) is 87.6 cm³/mol. The molecule has 1 aromatic carbocycles. The van der Waals surface area contributed by atoms with Crippen LogP contribution < -0.4 is 0 Å². The summed E-state index contributed by atoms with van der Waals surface area (Å²) < 4.78 is 13.7. The highest BCUT2D eigenvalue weighted by Crippen LogP contribution is 2.24. The fraction of sp³-hybridized carbons (Fsp3) is 0.353. The Morgan fingerprint density at radius 2 is 2.17 bits per heavy atom. The van der Waals surface area contributed by atoms with Gasteiger partial charge in [0.2, 0.25) is 0 Å². The lowest BCUT2D eigenvalue weighted by Gasteiger charge is -2.22. The first-order valence-corrected chi connectivity index (χ1v) is 8.63. The first kappa shape index (κ1) is 16.6. The lowest BCUT2D eigenvalue weighted by molar-refractivity contribution is -0.137. The third-order valence-electron chi connectivity index (χ3n) is 4.12. The van der Waals surface area contributed by atoms with Crippen LogP contribution in [0.1, 0.15) is 40.3 Å². The first-order chi connectivity index (χ1) is 11.5. The number of nitrogens with zero attached hydrogens (tertiary/aromatic N) is 2. The van der Waals surface area contributed by atoms with Crippen molar-refractivity contribution in [2.45, 2.75) is 31.7 Å². The second-order valence-corrected chi connectivity index (χ2v) is 6.73. The van der Waals surface area contributed by atoms with Crippen LogP contribution in [0.3, 0.4) is 0 Å². The summed E-state index contributed by atoms with van der Waals surface area (Å²) >= 11 is 1.31. The van der Waals surface area contributed by atoms with Crippen molar-refractivity contribution < 1.29 is 19.1 Å². The molecule has 7 heteroatoms. The van der Waals surface area contributed by atoms with Crippen molar-refractivity contribution in [3.8, 4) is 0 Å². The smallest absolute Gasteiger partial charge is 0.305 e. The van der Waals surface area contributed by atoms with E-state index in [-0.39, 0.29) is 24.2 Å². The number of amides is 1. The lowest BCUT2D eigenvalue weighted by Crippen LogP contribution is -2.37. The zero-order chi connectivity index (χ0) is 17.1. The molecule has 1 fully saturated rings. The van der Waals surface area contributed by atoms with Gasteiger partial charge in [-0.25, -0.2) is 9.37 Å². The van der Waals surface area contributed by atoms with E-state index in [1.165, 1.54) is 17.4 Å². The summed E-state index contributed by atoms with van der Waals surface area (Å²) in [5, 5.41) is 11.3. The second-order valence-electron chi connectivity index (χ2n) is 5.79. The Hall–Kier alpha value is -2.28. The van der Waals surface area contributed by atoms with Crippen molar-refractivity contribution in [2.24, 2.45) is 0 Å². The Morgan fingerprint density at radius 3 is 2.92 bits per heavy atom. The minimum atomic E-state index is -0.904. The van der Waals surface area contributed by atoms with E-state index in [4.69, 9.17) is 5.11 Å². The number of likely N-dealkylation sites (tertiary alicyclic amines) is 1. The van der Waals surface area contributed by atoms with E-state index >= 15 is 0 Å². The van der Waals surface area contributed by atoms with Gasteiger partial charge in [0.15, 0.2) is 0 Å². The van der Waals surface area contributed by atoms with Crippen LogP contribution in [0.5, 0.6) is 0 Å². The van der Waals surface area contributed by atoms with Crippen LogP contribution in [0, 0.1) is 5.82 Å². The molecular formula is C17H17FN2O3S. The molecule has 1 aliphatic rings. The van der Waals surface area contributed by atoms with E-state index in [2.05, 4.69) is 4.98 Å². The number of carbonyl (C=O) groups excluding carboxylic acids is 1. The van der Waals surface area contributed by atoms with Crippen LogP contribution in [0.15, 0.2) is 29.6 Å². The summed E-state index contributed by atoms with van der Waals surface area (Å²) in [6.07, 6.45) is 1.79. The molecule has 2 heterocycles. The maximum absolute atomic E-state index is 13.7. The molecule has 126 valence electrons. The van der Waals surface area contributed by atoms with Crippen molar-refractivity contribution >= 4 is 23.2 Å². The molecule has 1 N–H and O–H groups in total. The Balaban J connectivity index is 1.72. The number of benzene rings is 1. The van der Waals surface area contributed by atoms with Gasteiger partial charge in [0.05, 0.1) is 11.4 Å². The average molecular weight is 348 g/mol. The minimum absolute atomic E-state index is 0.0437. The molecule has 0 bridgehead atoms. The Bertz CT molecular complexity index is 762. The first-order valence-electron chi connectivity index (χ1n) is 7.75. The highest BCUT2D eigenvalue weighted by atomic mass is 32.1. The van der Waals surface area contributed by atoms with Gasteiger partial charge in [-0.05, 0) is 24.5 Å². The Morgan fingerprint density at radius 1 is 1.38 bits per heavy atom. The second kappa shape index (κ2) is 7.09. The maximum atomic E-state index is 13.7. The number of rotatable bonds is 5. The van der Waals surface area contributed by atoms with Crippen LogP contribution in [-0.2, 0) is 11.2 Å². The van der Waals surface area contributed by atoms with Crippen LogP contribution in [0.25, 0.3) is 0 Å². The Kier molecular flexibility index (Phi) is 4.89. The van der Waals surface area contributed by atoms with Crippen molar-refractivity contribution in [1.29, 1.82) is 0 Å². The highest BCUT2D eigenvalue weighted by Gasteiger charge is 2.32. The lowest BCUT2D eigenvalue weighted by atomic mass is 10.1. The molecule has 0 aliphatic carbocycles. The Labute approximate surface area is 142 Å². The summed E-state index contributed by atoms with van der Waals surface area (Å²) in [4.78, 5) is 29.4. The number of thiazole rings is 1. The topological polar surface area (TPSA) is 70.5 Å². The van der Waals surface area contributed by atoms with Crippen molar-refractivity contribution in [1.82, 2.24) is 9.88 Å². The molecule has 5 nitrogen and oxygen atoms in total. The maximum Gasteiger partial charge on any atom is 0.305 e. The van der Waals surface area contributed by atoms with Crippen LogP contribution >= 0.6 is 11.3 Å². The van der Waals surface area contributed by atoms with Crippen LogP contribution in [-0.4, -0.2) is 39.5 Å². The minimum Gasteiger partial charge on any atom is -0.481 e. The standard InChI is InChI=1S/C17H17FN2O3S/c18-13-6-2-1-4-11(13)8-15-19-14(10-24-15)17(23)20-7-3-5-12(20)9-16(21)22/h1-2,4,6,10,12H,3,5,7-9H2,(H,21,22). The van der Waals surface area contributed by atoms with Crippen LogP contribution in [0.4, 0.5) is 4.39 Å². The van der Waals surface area contributed by atoms with Crippen molar-refractivity contribution in [2.75, 3.05) is 6.54 Å². The van der Waals surface area contributed by atoms with Crippen molar-refractivity contribution in [3.05, 3.63) is 51.7 Å². The van der Waals surface area contributed by atoms with E-state index in [1.54, 1.807) is 28.5 Å². The summed E-state index contributed by atoms with van der Waals surface area (Å²) in [7, 11) is 0. The number of carboxylic acid groups (broad SMARTS) is 1. The van der Waals surface area contributed by atoms with E-state index in [9.17, 15) is 14.0 Å². The fourth-order valence-corrected chi connectivity index (χ4v) is 3.75. The van der Waals surface area contributed by atoms with Gasteiger partial charge in [-0.3, -0.25) is 9.59 Å². The van der Waals surface area contributed by atoms with Crippen molar-refractivity contribution in [3.63, 3.8) is 0 Å². The molecule has 1 atom stereocenters. The number of carboxylic acids is 1. The van der Waals surface area contributed by atoms with Gasteiger partial charge < -0.3 is 10.0 Å². The molecule has 24 heavy (non-hydrogen) atoms. The third-order valence-corrected chi connectivity index (χ3v) is 4.97. The zero-order valence-corrected chi connectivity index (χ0v) is 13.8. The molecule has 1 unspecified atom stereocenters.